The van der Waals surface area contributed by atoms with E-state index in [1.54, 1.807) is 11.3 Å². The van der Waals surface area contributed by atoms with Crippen molar-refractivity contribution in [1.29, 1.82) is 0 Å². The molecule has 0 spiro atoms. The molecule has 2 aromatic heterocycles. The fraction of sp³-hybridized carbons (Fsp3) is 0.333. The van der Waals surface area contributed by atoms with Crippen molar-refractivity contribution in [1.82, 2.24) is 14.9 Å². The number of hydrogen-bond acceptors (Lipinski definition) is 4. The van der Waals surface area contributed by atoms with Crippen molar-refractivity contribution in [2.24, 2.45) is 0 Å². The summed E-state index contributed by atoms with van der Waals surface area (Å²) in [6, 6.07) is 18.3. The van der Waals surface area contributed by atoms with Crippen molar-refractivity contribution in [3.63, 3.8) is 0 Å². The molecule has 0 N–H and O–H groups in total. The number of fused-ring (bicyclic) bond motifs is 2. The predicted molar refractivity (Wildman–Crippen MR) is 119 cm³/mol. The van der Waals surface area contributed by atoms with Crippen LogP contribution >= 0.6 is 11.3 Å². The van der Waals surface area contributed by atoms with E-state index in [9.17, 15) is 0 Å². The predicted octanol–water partition coefficient (Wildman–Crippen LogP) is 5.85. The second-order valence-corrected chi connectivity index (χ2v) is 9.14. The summed E-state index contributed by atoms with van der Waals surface area (Å²) >= 11 is 1.75. The van der Waals surface area contributed by atoms with Gasteiger partial charge >= 0.3 is 0 Å². The molecule has 1 fully saturated rings. The summed E-state index contributed by atoms with van der Waals surface area (Å²) in [4.78, 5) is 12.1. The first kappa shape index (κ1) is 17.8. The Morgan fingerprint density at radius 1 is 1.00 bits per heavy atom. The summed E-state index contributed by atoms with van der Waals surface area (Å²) in [5, 5.41) is 2.32. The van der Waals surface area contributed by atoms with Gasteiger partial charge in [-0.25, -0.2) is 4.98 Å². The maximum Gasteiger partial charge on any atom is 0.0907 e. The lowest BCUT2D eigenvalue weighted by Crippen LogP contribution is -2.29. The highest BCUT2D eigenvalue weighted by Crippen LogP contribution is 2.29. The number of hydrogen-bond donors (Lipinski definition) is 0. The van der Waals surface area contributed by atoms with Gasteiger partial charge in [0.05, 0.1) is 20.7 Å². The van der Waals surface area contributed by atoms with E-state index in [0.29, 0.717) is 0 Å². The average molecular weight is 388 g/mol. The Morgan fingerprint density at radius 2 is 1.86 bits per heavy atom. The van der Waals surface area contributed by atoms with Gasteiger partial charge in [-0.1, -0.05) is 18.2 Å². The van der Waals surface area contributed by atoms with Crippen molar-refractivity contribution in [3.05, 3.63) is 59.2 Å². The summed E-state index contributed by atoms with van der Waals surface area (Å²) in [6.45, 7) is 6.76. The van der Waals surface area contributed by atoms with Gasteiger partial charge in [-0.3, -0.25) is 4.98 Å². The topological polar surface area (TPSA) is 29.0 Å². The third-order valence-electron chi connectivity index (χ3n) is 5.92. The normalized spacial score (nSPS) is 17.7. The molecule has 3 nitrogen and oxygen atoms in total. The number of likely N-dealkylation sites (tertiary alicyclic amines) is 1. The molecular weight excluding hydrogens is 362 g/mol. The van der Waals surface area contributed by atoms with Gasteiger partial charge in [-0.15, -0.1) is 11.3 Å². The molecule has 5 rings (SSSR count). The van der Waals surface area contributed by atoms with Gasteiger partial charge in [-0.2, -0.15) is 0 Å². The first-order chi connectivity index (χ1) is 13.7. The third kappa shape index (κ3) is 3.43. The molecule has 0 radical (unpaired) electrons. The molecule has 28 heavy (non-hydrogen) atoms. The second-order valence-electron chi connectivity index (χ2n) is 7.90. The summed E-state index contributed by atoms with van der Waals surface area (Å²) in [5.74, 6) is 0. The van der Waals surface area contributed by atoms with Crippen LogP contribution in [0.25, 0.3) is 32.2 Å². The zero-order valence-electron chi connectivity index (χ0n) is 16.5. The zero-order chi connectivity index (χ0) is 19.1. The first-order valence-electron chi connectivity index (χ1n) is 10.2. The van der Waals surface area contributed by atoms with Crippen molar-refractivity contribution in [3.8, 4) is 11.1 Å². The maximum atomic E-state index is 4.91. The van der Waals surface area contributed by atoms with Crippen LogP contribution in [0.2, 0.25) is 0 Å². The quantitative estimate of drug-likeness (QED) is 0.440. The lowest BCUT2D eigenvalue weighted by Gasteiger charge is -2.20. The van der Waals surface area contributed by atoms with Gasteiger partial charge in [0.1, 0.15) is 0 Å². The summed E-state index contributed by atoms with van der Waals surface area (Å²) in [7, 11) is 0. The molecule has 1 aliphatic heterocycles. The van der Waals surface area contributed by atoms with Crippen LogP contribution in [0.15, 0.2) is 48.5 Å². The third-order valence-corrected chi connectivity index (χ3v) is 6.87. The minimum absolute atomic E-state index is 0.724. The van der Waals surface area contributed by atoms with E-state index < -0.39 is 0 Å². The van der Waals surface area contributed by atoms with Crippen molar-refractivity contribution >= 4 is 32.5 Å². The van der Waals surface area contributed by atoms with Gasteiger partial charge in [0.25, 0.3) is 0 Å². The molecule has 3 heterocycles. The Hall–Kier alpha value is -2.30. The number of benzene rings is 2. The fourth-order valence-corrected chi connectivity index (χ4v) is 5.10. The zero-order valence-corrected chi connectivity index (χ0v) is 17.3. The highest BCUT2D eigenvalue weighted by atomic mass is 32.1. The van der Waals surface area contributed by atoms with E-state index in [4.69, 9.17) is 4.98 Å². The van der Waals surface area contributed by atoms with Gasteiger partial charge in [0.15, 0.2) is 0 Å². The molecule has 0 amide bonds. The highest BCUT2D eigenvalue weighted by molar-refractivity contribution is 7.18. The van der Waals surface area contributed by atoms with Crippen LogP contribution < -0.4 is 0 Å². The van der Waals surface area contributed by atoms with E-state index in [2.05, 4.69) is 72.3 Å². The summed E-state index contributed by atoms with van der Waals surface area (Å²) in [6.07, 6.45) is 3.70. The molecule has 1 atom stereocenters. The van der Waals surface area contributed by atoms with Crippen LogP contribution in [0.1, 0.15) is 30.5 Å². The number of aromatic nitrogens is 2. The van der Waals surface area contributed by atoms with E-state index in [1.165, 1.54) is 46.3 Å². The highest BCUT2D eigenvalue weighted by Gasteiger charge is 2.19. The number of aryl methyl sites for hydroxylation is 1. The molecule has 4 heteroatoms. The molecule has 1 saturated heterocycles. The molecule has 0 aliphatic carbocycles. The second kappa shape index (κ2) is 7.26. The Balaban J connectivity index is 1.39. The molecular formula is C24H25N3S. The van der Waals surface area contributed by atoms with E-state index in [-0.39, 0.29) is 0 Å². The van der Waals surface area contributed by atoms with Crippen LogP contribution in [-0.4, -0.2) is 34.0 Å². The summed E-state index contributed by atoms with van der Waals surface area (Å²) in [5.41, 5.74) is 5.80. The standard InChI is InChI=1S/C24H25N3S/c1-16-4-3-12-27(16)13-11-21-8-5-20-14-18(6-9-22(20)26-21)19-7-10-24-23(15-19)25-17(2)28-24/h5-10,14-16H,3-4,11-13H2,1-2H3. The van der Waals surface area contributed by atoms with Crippen molar-refractivity contribution in [2.45, 2.75) is 39.2 Å². The average Bonchev–Trinajstić information content (AvgIpc) is 3.29. The Kier molecular flexibility index (Phi) is 4.61. The maximum absolute atomic E-state index is 4.91. The smallest absolute Gasteiger partial charge is 0.0907 e. The minimum atomic E-state index is 0.724. The largest absolute Gasteiger partial charge is 0.300 e. The molecule has 4 aromatic rings. The van der Waals surface area contributed by atoms with Crippen LogP contribution in [0, 0.1) is 6.92 Å². The van der Waals surface area contributed by atoms with Gasteiger partial charge in [0.2, 0.25) is 0 Å². The number of pyridine rings is 1. The fourth-order valence-electron chi connectivity index (χ4n) is 4.29. The van der Waals surface area contributed by atoms with Crippen LogP contribution in [0.5, 0.6) is 0 Å². The number of thiazole rings is 1. The molecule has 1 unspecified atom stereocenters. The SMILES string of the molecule is Cc1nc2cc(-c3ccc4nc(CCN5CCCC5C)ccc4c3)ccc2s1. The van der Waals surface area contributed by atoms with Gasteiger partial charge in [0, 0.05) is 30.1 Å². The van der Waals surface area contributed by atoms with Crippen molar-refractivity contribution < 1.29 is 0 Å². The van der Waals surface area contributed by atoms with E-state index in [1.807, 2.05) is 0 Å². The van der Waals surface area contributed by atoms with Crippen LogP contribution in [0.3, 0.4) is 0 Å². The lowest BCUT2D eigenvalue weighted by molar-refractivity contribution is 0.271. The molecule has 0 bridgehead atoms. The molecule has 1 aliphatic rings. The molecule has 0 saturated carbocycles. The van der Waals surface area contributed by atoms with E-state index >= 15 is 0 Å². The van der Waals surface area contributed by atoms with E-state index in [0.717, 1.165) is 35.0 Å². The molecule has 142 valence electrons. The van der Waals surface area contributed by atoms with Crippen LogP contribution in [0.4, 0.5) is 0 Å². The lowest BCUT2D eigenvalue weighted by atomic mass is 10.0. The Bertz CT molecular complexity index is 1150. The Morgan fingerprint density at radius 3 is 2.71 bits per heavy atom. The molecule has 2 aromatic carbocycles. The van der Waals surface area contributed by atoms with Gasteiger partial charge < -0.3 is 4.90 Å². The number of nitrogens with zero attached hydrogens (tertiary/aromatic N) is 3. The minimum Gasteiger partial charge on any atom is -0.300 e. The monoisotopic (exact) mass is 387 g/mol. The Labute approximate surface area is 170 Å². The number of rotatable bonds is 4. The first-order valence-corrected chi connectivity index (χ1v) is 11.0. The van der Waals surface area contributed by atoms with Crippen molar-refractivity contribution in [2.75, 3.05) is 13.1 Å². The van der Waals surface area contributed by atoms with Gasteiger partial charge in [-0.05, 0) is 74.7 Å². The van der Waals surface area contributed by atoms with Crippen LogP contribution in [-0.2, 0) is 6.42 Å². The summed E-state index contributed by atoms with van der Waals surface area (Å²) < 4.78 is 1.25.